The van der Waals surface area contributed by atoms with Gasteiger partial charge in [-0.25, -0.2) is 0 Å². The molecule has 0 radical (unpaired) electrons. The van der Waals surface area contributed by atoms with Gasteiger partial charge in [-0.1, -0.05) is 0 Å². The third-order valence-electron chi connectivity index (χ3n) is 2.43. The van der Waals surface area contributed by atoms with Gasteiger partial charge in [-0.05, 0) is 12.1 Å². The molecule has 0 saturated carbocycles. The number of anilines is 2. The first kappa shape index (κ1) is 11.1. The fraction of sp³-hybridized carbons (Fsp3) is 0.182. The van der Waals surface area contributed by atoms with Crippen molar-refractivity contribution < 1.29 is 4.79 Å². The Morgan fingerprint density at radius 3 is 2.82 bits per heavy atom. The molecule has 0 fully saturated rings. The minimum atomic E-state index is -0.205. The van der Waals surface area contributed by atoms with Crippen LogP contribution in [-0.2, 0) is 7.05 Å². The second kappa shape index (κ2) is 4.25. The second-order valence-electron chi connectivity index (χ2n) is 3.67. The van der Waals surface area contributed by atoms with E-state index in [9.17, 15) is 4.79 Å². The van der Waals surface area contributed by atoms with E-state index >= 15 is 0 Å². The van der Waals surface area contributed by atoms with E-state index in [1.54, 1.807) is 43.3 Å². The summed E-state index contributed by atoms with van der Waals surface area (Å²) in [6.07, 6.45) is 4.82. The van der Waals surface area contributed by atoms with Crippen LogP contribution in [0.15, 0.2) is 30.7 Å². The third-order valence-corrected chi connectivity index (χ3v) is 2.43. The van der Waals surface area contributed by atoms with Crippen molar-refractivity contribution in [3.8, 4) is 0 Å². The number of hydrogen-bond acceptors (Lipinski definition) is 4. The molecule has 0 aliphatic carbocycles. The van der Waals surface area contributed by atoms with E-state index in [-0.39, 0.29) is 5.91 Å². The fourth-order valence-corrected chi connectivity index (χ4v) is 1.52. The zero-order valence-corrected chi connectivity index (χ0v) is 9.66. The summed E-state index contributed by atoms with van der Waals surface area (Å²) < 4.78 is 1.58. The van der Waals surface area contributed by atoms with Gasteiger partial charge in [-0.15, -0.1) is 0 Å². The molecule has 0 aliphatic heterocycles. The van der Waals surface area contributed by atoms with Crippen molar-refractivity contribution >= 4 is 17.3 Å². The SMILES string of the molecule is CN(C(=O)c1ccn(C)n1)c1ccncc1N. The van der Waals surface area contributed by atoms with Gasteiger partial charge in [-0.3, -0.25) is 14.5 Å². The number of hydrogen-bond donors (Lipinski definition) is 1. The first-order chi connectivity index (χ1) is 8.09. The van der Waals surface area contributed by atoms with Crippen LogP contribution in [-0.4, -0.2) is 27.7 Å². The van der Waals surface area contributed by atoms with Crippen LogP contribution in [0.1, 0.15) is 10.5 Å². The summed E-state index contributed by atoms with van der Waals surface area (Å²) in [6, 6.07) is 3.35. The molecular weight excluding hydrogens is 218 g/mol. The molecule has 2 aromatic heterocycles. The Hall–Kier alpha value is -2.37. The van der Waals surface area contributed by atoms with Gasteiger partial charge in [0.05, 0.1) is 17.6 Å². The topological polar surface area (TPSA) is 77.0 Å². The van der Waals surface area contributed by atoms with Crippen LogP contribution in [0.2, 0.25) is 0 Å². The molecule has 2 aromatic rings. The third kappa shape index (κ3) is 2.10. The summed E-state index contributed by atoms with van der Waals surface area (Å²) in [4.78, 5) is 17.4. The van der Waals surface area contributed by atoms with E-state index in [1.807, 2.05) is 0 Å². The molecule has 17 heavy (non-hydrogen) atoms. The summed E-state index contributed by atoms with van der Waals surface area (Å²) in [5, 5.41) is 4.06. The van der Waals surface area contributed by atoms with Crippen molar-refractivity contribution in [2.24, 2.45) is 7.05 Å². The molecule has 0 bridgehead atoms. The minimum Gasteiger partial charge on any atom is -0.396 e. The van der Waals surface area contributed by atoms with Crippen LogP contribution in [0.4, 0.5) is 11.4 Å². The minimum absolute atomic E-state index is 0.205. The summed E-state index contributed by atoms with van der Waals surface area (Å²) >= 11 is 0. The molecule has 0 aliphatic rings. The van der Waals surface area contributed by atoms with Gasteiger partial charge in [0.2, 0.25) is 0 Å². The maximum absolute atomic E-state index is 12.1. The number of carbonyl (C=O) groups is 1. The number of amides is 1. The lowest BCUT2D eigenvalue weighted by Crippen LogP contribution is -2.27. The molecule has 2 heterocycles. The van der Waals surface area contributed by atoms with Gasteiger partial charge in [0, 0.05) is 26.5 Å². The van der Waals surface area contributed by atoms with Gasteiger partial charge in [-0.2, -0.15) is 5.10 Å². The highest BCUT2D eigenvalue weighted by molar-refractivity contribution is 6.05. The van der Waals surface area contributed by atoms with Gasteiger partial charge in [0.25, 0.3) is 5.91 Å². The molecule has 0 atom stereocenters. The average molecular weight is 231 g/mol. The first-order valence-corrected chi connectivity index (χ1v) is 5.07. The van der Waals surface area contributed by atoms with Crippen LogP contribution in [0.3, 0.4) is 0 Å². The number of aryl methyl sites for hydroxylation is 1. The molecule has 0 unspecified atom stereocenters. The Morgan fingerprint density at radius 1 is 1.47 bits per heavy atom. The summed E-state index contributed by atoms with van der Waals surface area (Å²) in [7, 11) is 3.42. The van der Waals surface area contributed by atoms with Crippen molar-refractivity contribution in [1.82, 2.24) is 14.8 Å². The van der Waals surface area contributed by atoms with E-state index < -0.39 is 0 Å². The monoisotopic (exact) mass is 231 g/mol. The number of carbonyl (C=O) groups excluding carboxylic acids is 1. The predicted octanol–water partition coefficient (Wildman–Crippen LogP) is 0.674. The first-order valence-electron chi connectivity index (χ1n) is 5.07. The molecule has 0 aromatic carbocycles. The highest BCUT2D eigenvalue weighted by Gasteiger charge is 2.17. The second-order valence-corrected chi connectivity index (χ2v) is 3.67. The lowest BCUT2D eigenvalue weighted by molar-refractivity contribution is 0.0987. The molecule has 6 nitrogen and oxygen atoms in total. The quantitative estimate of drug-likeness (QED) is 0.824. The maximum atomic E-state index is 12.1. The highest BCUT2D eigenvalue weighted by atomic mass is 16.2. The number of nitrogens with zero attached hydrogens (tertiary/aromatic N) is 4. The standard InChI is InChI=1S/C11H13N5O/c1-15-6-4-9(14-15)11(17)16(2)10-3-5-13-7-8(10)12/h3-7H,12H2,1-2H3. The average Bonchev–Trinajstić information content (AvgIpc) is 2.75. The smallest absolute Gasteiger partial charge is 0.278 e. The van der Waals surface area contributed by atoms with Crippen LogP contribution in [0, 0.1) is 0 Å². The van der Waals surface area contributed by atoms with E-state index in [1.165, 1.54) is 11.1 Å². The number of nitrogen functional groups attached to an aromatic ring is 1. The predicted molar refractivity (Wildman–Crippen MR) is 64.6 cm³/mol. The van der Waals surface area contributed by atoms with Crippen LogP contribution in [0.5, 0.6) is 0 Å². The van der Waals surface area contributed by atoms with Crippen LogP contribution >= 0.6 is 0 Å². The summed E-state index contributed by atoms with van der Waals surface area (Å²) in [5.41, 5.74) is 7.22. The number of pyridine rings is 1. The largest absolute Gasteiger partial charge is 0.396 e. The molecule has 0 saturated heterocycles. The van der Waals surface area contributed by atoms with Gasteiger partial charge < -0.3 is 10.6 Å². The Morgan fingerprint density at radius 2 is 2.24 bits per heavy atom. The van der Waals surface area contributed by atoms with Crippen LogP contribution < -0.4 is 10.6 Å². The van der Waals surface area contributed by atoms with Crippen molar-refractivity contribution in [2.45, 2.75) is 0 Å². The Labute approximate surface area is 98.7 Å². The zero-order valence-electron chi connectivity index (χ0n) is 9.66. The normalized spacial score (nSPS) is 10.2. The fourth-order valence-electron chi connectivity index (χ4n) is 1.52. The number of rotatable bonds is 2. The molecule has 2 rings (SSSR count). The lowest BCUT2D eigenvalue weighted by Gasteiger charge is -2.17. The molecule has 88 valence electrons. The molecule has 1 amide bonds. The van der Waals surface area contributed by atoms with Crippen molar-refractivity contribution in [3.63, 3.8) is 0 Å². The van der Waals surface area contributed by atoms with Crippen LogP contribution in [0.25, 0.3) is 0 Å². The van der Waals surface area contributed by atoms with Gasteiger partial charge in [0.1, 0.15) is 0 Å². The van der Waals surface area contributed by atoms with Crippen molar-refractivity contribution in [1.29, 1.82) is 0 Å². The summed E-state index contributed by atoms with van der Waals surface area (Å²) in [5.74, 6) is -0.205. The van der Waals surface area contributed by atoms with E-state index in [0.717, 1.165) is 0 Å². The van der Waals surface area contributed by atoms with E-state index in [2.05, 4.69) is 10.1 Å². The van der Waals surface area contributed by atoms with Crippen molar-refractivity contribution in [2.75, 3.05) is 17.7 Å². The zero-order chi connectivity index (χ0) is 12.4. The Balaban J connectivity index is 2.29. The summed E-state index contributed by atoms with van der Waals surface area (Å²) in [6.45, 7) is 0. The number of nitrogens with two attached hydrogens (primary N) is 1. The number of aromatic nitrogens is 3. The molecule has 0 spiro atoms. The highest BCUT2D eigenvalue weighted by Crippen LogP contribution is 2.21. The molecular formula is C11H13N5O. The Bertz CT molecular complexity index is 548. The maximum Gasteiger partial charge on any atom is 0.278 e. The molecule has 2 N–H and O–H groups in total. The van der Waals surface area contributed by atoms with E-state index in [4.69, 9.17) is 5.73 Å². The molecule has 6 heteroatoms. The van der Waals surface area contributed by atoms with Crippen molar-refractivity contribution in [3.05, 3.63) is 36.4 Å². The van der Waals surface area contributed by atoms with Gasteiger partial charge in [0.15, 0.2) is 5.69 Å². The lowest BCUT2D eigenvalue weighted by atomic mass is 10.3. The van der Waals surface area contributed by atoms with Gasteiger partial charge >= 0.3 is 0 Å². The van der Waals surface area contributed by atoms with E-state index in [0.29, 0.717) is 17.1 Å². The Kier molecular flexibility index (Phi) is 2.78.